The second-order valence-corrected chi connectivity index (χ2v) is 7.97. The molecule has 0 saturated carbocycles. The van der Waals surface area contributed by atoms with Crippen molar-refractivity contribution < 1.29 is 4.79 Å². The third-order valence-corrected chi connectivity index (χ3v) is 5.42. The number of nitrogens with zero attached hydrogens (tertiary/aromatic N) is 4. The molecule has 3 rings (SSSR count). The van der Waals surface area contributed by atoms with Crippen LogP contribution in [0.15, 0.2) is 36.4 Å². The molecule has 6 heteroatoms. The Kier molecular flexibility index (Phi) is 7.58. The van der Waals surface area contributed by atoms with Crippen molar-refractivity contribution >= 4 is 11.7 Å². The molecule has 1 fully saturated rings. The lowest BCUT2D eigenvalue weighted by molar-refractivity contribution is 0.0602. The van der Waals surface area contributed by atoms with E-state index >= 15 is 0 Å². The Bertz CT molecular complexity index is 793. The maximum atomic E-state index is 13.3. The summed E-state index contributed by atoms with van der Waals surface area (Å²) in [6.45, 7) is 4.77. The van der Waals surface area contributed by atoms with Crippen molar-refractivity contribution in [2.45, 2.75) is 45.1 Å². The second kappa shape index (κ2) is 10.3. The van der Waals surface area contributed by atoms with Crippen LogP contribution in [-0.4, -0.2) is 65.4 Å². The van der Waals surface area contributed by atoms with Gasteiger partial charge in [0.1, 0.15) is 11.5 Å². The first-order valence-corrected chi connectivity index (χ1v) is 10.7. The minimum Gasteiger partial charge on any atom is -0.370 e. The molecule has 29 heavy (non-hydrogen) atoms. The molecule has 1 amide bonds. The van der Waals surface area contributed by atoms with Gasteiger partial charge in [-0.25, -0.2) is 9.97 Å². The van der Waals surface area contributed by atoms with Crippen LogP contribution in [0, 0.1) is 0 Å². The SMILES string of the molecule is CCC1CCCCN1C(=O)c1cc(NCCCN(C)C)nc(-c2ccccc2)n1. The van der Waals surface area contributed by atoms with Crippen LogP contribution >= 0.6 is 0 Å². The molecular formula is C23H33N5O. The van der Waals surface area contributed by atoms with Gasteiger partial charge in [-0.1, -0.05) is 37.3 Å². The van der Waals surface area contributed by atoms with Crippen LogP contribution in [0.4, 0.5) is 5.82 Å². The Morgan fingerprint density at radius 1 is 1.21 bits per heavy atom. The minimum absolute atomic E-state index is 0.0208. The summed E-state index contributed by atoms with van der Waals surface area (Å²) >= 11 is 0. The van der Waals surface area contributed by atoms with E-state index in [-0.39, 0.29) is 5.91 Å². The van der Waals surface area contributed by atoms with Crippen molar-refractivity contribution in [1.82, 2.24) is 19.8 Å². The van der Waals surface area contributed by atoms with Crippen LogP contribution < -0.4 is 5.32 Å². The van der Waals surface area contributed by atoms with Gasteiger partial charge in [0.25, 0.3) is 5.91 Å². The molecule has 1 N–H and O–H groups in total. The van der Waals surface area contributed by atoms with E-state index in [1.807, 2.05) is 41.3 Å². The molecular weight excluding hydrogens is 362 g/mol. The Labute approximate surface area is 174 Å². The fraction of sp³-hybridized carbons (Fsp3) is 0.522. The molecule has 1 aliphatic rings. The van der Waals surface area contributed by atoms with Gasteiger partial charge >= 0.3 is 0 Å². The quantitative estimate of drug-likeness (QED) is 0.687. The lowest BCUT2D eigenvalue weighted by Gasteiger charge is -2.35. The summed E-state index contributed by atoms with van der Waals surface area (Å²) in [6.07, 6.45) is 5.33. The van der Waals surface area contributed by atoms with E-state index in [0.717, 1.165) is 50.9 Å². The zero-order valence-corrected chi connectivity index (χ0v) is 17.9. The summed E-state index contributed by atoms with van der Waals surface area (Å²) in [7, 11) is 4.13. The lowest BCUT2D eigenvalue weighted by atomic mass is 9.99. The van der Waals surface area contributed by atoms with E-state index < -0.39 is 0 Å². The molecule has 6 nitrogen and oxygen atoms in total. The molecule has 0 radical (unpaired) electrons. The van der Waals surface area contributed by atoms with Crippen molar-refractivity contribution in [3.05, 3.63) is 42.1 Å². The van der Waals surface area contributed by atoms with Crippen LogP contribution in [0.3, 0.4) is 0 Å². The molecule has 0 bridgehead atoms. The van der Waals surface area contributed by atoms with E-state index in [1.165, 1.54) is 6.42 Å². The number of carbonyl (C=O) groups excluding carboxylic acids is 1. The third-order valence-electron chi connectivity index (χ3n) is 5.42. The van der Waals surface area contributed by atoms with Gasteiger partial charge in [0.15, 0.2) is 5.82 Å². The van der Waals surface area contributed by atoms with Gasteiger partial charge < -0.3 is 15.1 Å². The lowest BCUT2D eigenvalue weighted by Crippen LogP contribution is -2.43. The molecule has 1 aliphatic heterocycles. The van der Waals surface area contributed by atoms with E-state index in [9.17, 15) is 4.79 Å². The smallest absolute Gasteiger partial charge is 0.272 e. The number of likely N-dealkylation sites (tertiary alicyclic amines) is 1. The largest absolute Gasteiger partial charge is 0.370 e. The van der Waals surface area contributed by atoms with Crippen LogP contribution in [0.2, 0.25) is 0 Å². The zero-order valence-electron chi connectivity index (χ0n) is 17.9. The average molecular weight is 396 g/mol. The zero-order chi connectivity index (χ0) is 20.6. The first-order valence-electron chi connectivity index (χ1n) is 10.7. The van der Waals surface area contributed by atoms with Crippen molar-refractivity contribution in [3.8, 4) is 11.4 Å². The predicted molar refractivity (Wildman–Crippen MR) is 118 cm³/mol. The highest BCUT2D eigenvalue weighted by atomic mass is 16.2. The van der Waals surface area contributed by atoms with E-state index in [1.54, 1.807) is 0 Å². The predicted octanol–water partition coefficient (Wildman–Crippen LogP) is 3.91. The van der Waals surface area contributed by atoms with E-state index in [2.05, 4.69) is 41.2 Å². The van der Waals surface area contributed by atoms with E-state index in [4.69, 9.17) is 0 Å². The van der Waals surface area contributed by atoms with Crippen LogP contribution in [0.1, 0.15) is 49.5 Å². The third kappa shape index (κ3) is 5.76. The van der Waals surface area contributed by atoms with Crippen molar-refractivity contribution in [2.75, 3.05) is 39.0 Å². The van der Waals surface area contributed by atoms with Crippen LogP contribution in [0.25, 0.3) is 11.4 Å². The number of anilines is 1. The monoisotopic (exact) mass is 395 g/mol. The number of piperidine rings is 1. The van der Waals surface area contributed by atoms with Gasteiger partial charge in [-0.2, -0.15) is 0 Å². The number of carbonyl (C=O) groups is 1. The van der Waals surface area contributed by atoms with Gasteiger partial charge in [-0.05, 0) is 52.7 Å². The molecule has 1 atom stereocenters. The number of aromatic nitrogens is 2. The topological polar surface area (TPSA) is 61.4 Å². The number of hydrogen-bond donors (Lipinski definition) is 1. The molecule has 2 aromatic rings. The molecule has 1 aromatic carbocycles. The molecule has 1 aromatic heterocycles. The number of hydrogen-bond acceptors (Lipinski definition) is 5. The van der Waals surface area contributed by atoms with E-state index in [0.29, 0.717) is 23.4 Å². The maximum Gasteiger partial charge on any atom is 0.272 e. The molecule has 0 aliphatic carbocycles. The van der Waals surface area contributed by atoms with Crippen LogP contribution in [-0.2, 0) is 0 Å². The first-order chi connectivity index (χ1) is 14.1. The van der Waals surface area contributed by atoms with Gasteiger partial charge in [0.2, 0.25) is 0 Å². The highest BCUT2D eigenvalue weighted by Gasteiger charge is 2.27. The minimum atomic E-state index is 0.0208. The fourth-order valence-electron chi connectivity index (χ4n) is 3.81. The number of amides is 1. The Morgan fingerprint density at radius 2 is 2.00 bits per heavy atom. The molecule has 156 valence electrons. The fourth-order valence-corrected chi connectivity index (χ4v) is 3.81. The van der Waals surface area contributed by atoms with Gasteiger partial charge in [-0.15, -0.1) is 0 Å². The van der Waals surface area contributed by atoms with Gasteiger partial charge in [0, 0.05) is 30.8 Å². The molecule has 2 heterocycles. The Morgan fingerprint density at radius 3 is 2.72 bits per heavy atom. The summed E-state index contributed by atoms with van der Waals surface area (Å²) in [5, 5.41) is 3.39. The normalized spacial score (nSPS) is 16.8. The maximum absolute atomic E-state index is 13.3. The molecule has 0 spiro atoms. The van der Waals surface area contributed by atoms with Gasteiger partial charge in [0.05, 0.1) is 0 Å². The van der Waals surface area contributed by atoms with Crippen molar-refractivity contribution in [3.63, 3.8) is 0 Å². The van der Waals surface area contributed by atoms with Crippen molar-refractivity contribution in [1.29, 1.82) is 0 Å². The second-order valence-electron chi connectivity index (χ2n) is 7.97. The standard InChI is InChI=1S/C23H33N5O/c1-4-19-13-8-9-16-28(19)23(29)20-17-21(24-14-10-15-27(2)3)26-22(25-20)18-11-6-5-7-12-18/h5-7,11-12,17,19H,4,8-10,13-16H2,1-3H3,(H,24,25,26). The Hall–Kier alpha value is -2.47. The number of benzene rings is 1. The summed E-state index contributed by atoms with van der Waals surface area (Å²) in [6, 6.07) is 12.0. The summed E-state index contributed by atoms with van der Waals surface area (Å²) < 4.78 is 0. The summed E-state index contributed by atoms with van der Waals surface area (Å²) in [5.41, 5.74) is 1.40. The number of nitrogens with one attached hydrogen (secondary N) is 1. The highest BCUT2D eigenvalue weighted by Crippen LogP contribution is 2.24. The Balaban J connectivity index is 1.86. The number of rotatable bonds is 8. The highest BCUT2D eigenvalue weighted by molar-refractivity contribution is 5.93. The average Bonchev–Trinajstić information content (AvgIpc) is 2.76. The van der Waals surface area contributed by atoms with Crippen molar-refractivity contribution in [2.24, 2.45) is 0 Å². The van der Waals surface area contributed by atoms with Crippen LogP contribution in [0.5, 0.6) is 0 Å². The summed E-state index contributed by atoms with van der Waals surface area (Å²) in [4.78, 5) is 26.8. The first kappa shape index (κ1) is 21.2. The molecule has 1 saturated heterocycles. The molecule has 1 unspecified atom stereocenters. The summed E-state index contributed by atoms with van der Waals surface area (Å²) in [5.74, 6) is 1.33. The van der Waals surface area contributed by atoms with Gasteiger partial charge in [-0.3, -0.25) is 4.79 Å².